The lowest BCUT2D eigenvalue weighted by Gasteiger charge is -2.25. The quantitative estimate of drug-likeness (QED) is 0.659. The third-order valence-corrected chi connectivity index (χ3v) is 3.08. The minimum Gasteiger partial charge on any atom is -0.385 e. The largest absolute Gasteiger partial charge is 0.385 e. The first-order chi connectivity index (χ1) is 6.79. The summed E-state index contributed by atoms with van der Waals surface area (Å²) in [5, 5.41) is 3.35. The van der Waals surface area contributed by atoms with Gasteiger partial charge in [-0.15, -0.1) is 0 Å². The van der Waals surface area contributed by atoms with E-state index in [0.717, 1.165) is 26.1 Å². The Kier molecular flexibility index (Phi) is 5.45. The summed E-state index contributed by atoms with van der Waals surface area (Å²) in [4.78, 5) is 0. The van der Waals surface area contributed by atoms with Crippen LogP contribution in [0.4, 0.5) is 0 Å². The van der Waals surface area contributed by atoms with Crippen molar-refractivity contribution < 1.29 is 9.47 Å². The zero-order chi connectivity index (χ0) is 10.4. The Balaban J connectivity index is 2.29. The Labute approximate surface area is 87.2 Å². The molecule has 1 fully saturated rings. The Morgan fingerprint density at radius 2 is 2.36 bits per heavy atom. The molecule has 0 bridgehead atoms. The lowest BCUT2D eigenvalue weighted by molar-refractivity contribution is 0.0572. The van der Waals surface area contributed by atoms with Crippen molar-refractivity contribution in [2.75, 3.05) is 27.4 Å². The van der Waals surface area contributed by atoms with Crippen LogP contribution >= 0.6 is 0 Å². The molecule has 3 unspecified atom stereocenters. The maximum absolute atomic E-state index is 5.75. The molecular weight excluding hydrogens is 178 g/mol. The van der Waals surface area contributed by atoms with Crippen molar-refractivity contribution in [1.29, 1.82) is 0 Å². The third-order valence-electron chi connectivity index (χ3n) is 3.08. The Bertz CT molecular complexity index is 152. The molecule has 0 aliphatic carbocycles. The van der Waals surface area contributed by atoms with Crippen LogP contribution in [-0.2, 0) is 9.47 Å². The first-order valence-corrected chi connectivity index (χ1v) is 5.57. The molecule has 1 heterocycles. The molecule has 3 nitrogen and oxygen atoms in total. The second-order valence-corrected chi connectivity index (χ2v) is 4.13. The van der Waals surface area contributed by atoms with E-state index >= 15 is 0 Å². The SMILES string of the molecule is CNC(CCCOC)C1OCCC1C. The van der Waals surface area contributed by atoms with Gasteiger partial charge in [0.15, 0.2) is 0 Å². The smallest absolute Gasteiger partial charge is 0.0754 e. The fourth-order valence-corrected chi connectivity index (χ4v) is 2.15. The number of nitrogens with one attached hydrogen (secondary N) is 1. The number of methoxy groups -OCH3 is 1. The number of ether oxygens (including phenoxy) is 2. The van der Waals surface area contributed by atoms with E-state index in [2.05, 4.69) is 12.2 Å². The van der Waals surface area contributed by atoms with E-state index in [1.807, 2.05) is 7.05 Å². The van der Waals surface area contributed by atoms with Crippen LogP contribution in [0.15, 0.2) is 0 Å². The minimum absolute atomic E-state index is 0.400. The summed E-state index contributed by atoms with van der Waals surface area (Å²) in [6.45, 7) is 4.05. The van der Waals surface area contributed by atoms with Gasteiger partial charge >= 0.3 is 0 Å². The van der Waals surface area contributed by atoms with E-state index < -0.39 is 0 Å². The van der Waals surface area contributed by atoms with Crippen LogP contribution in [-0.4, -0.2) is 39.5 Å². The van der Waals surface area contributed by atoms with Gasteiger partial charge in [-0.2, -0.15) is 0 Å². The minimum atomic E-state index is 0.400. The fourth-order valence-electron chi connectivity index (χ4n) is 2.15. The molecule has 0 aromatic carbocycles. The first kappa shape index (κ1) is 12.0. The average Bonchev–Trinajstić information content (AvgIpc) is 2.60. The molecule has 0 radical (unpaired) electrons. The van der Waals surface area contributed by atoms with Crippen LogP contribution in [0.1, 0.15) is 26.2 Å². The third kappa shape index (κ3) is 3.23. The summed E-state index contributed by atoms with van der Waals surface area (Å²) in [7, 11) is 3.77. The standard InChI is InChI=1S/C11H23NO2/c1-9-6-8-14-11(9)10(12-2)5-4-7-13-3/h9-12H,4-8H2,1-3H3. The molecular formula is C11H23NO2. The number of likely N-dealkylation sites (N-methyl/N-ethyl adjacent to an activating group) is 1. The summed E-state index contributed by atoms with van der Waals surface area (Å²) in [6.07, 6.45) is 3.85. The van der Waals surface area contributed by atoms with Gasteiger partial charge in [-0.3, -0.25) is 0 Å². The van der Waals surface area contributed by atoms with Crippen molar-refractivity contribution in [3.63, 3.8) is 0 Å². The lowest BCUT2D eigenvalue weighted by atomic mass is 9.95. The highest BCUT2D eigenvalue weighted by Gasteiger charge is 2.30. The van der Waals surface area contributed by atoms with Crippen molar-refractivity contribution >= 4 is 0 Å². The number of hydrogen-bond donors (Lipinski definition) is 1. The van der Waals surface area contributed by atoms with Gasteiger partial charge in [-0.05, 0) is 32.2 Å². The Morgan fingerprint density at radius 1 is 1.57 bits per heavy atom. The second kappa shape index (κ2) is 6.38. The summed E-state index contributed by atoms with van der Waals surface area (Å²) < 4.78 is 10.8. The lowest BCUT2D eigenvalue weighted by Crippen LogP contribution is -2.40. The Hall–Kier alpha value is -0.120. The summed E-state index contributed by atoms with van der Waals surface area (Å²) >= 11 is 0. The molecule has 1 N–H and O–H groups in total. The van der Waals surface area contributed by atoms with Gasteiger partial charge in [0.25, 0.3) is 0 Å². The first-order valence-electron chi connectivity index (χ1n) is 5.57. The fraction of sp³-hybridized carbons (Fsp3) is 1.00. The number of hydrogen-bond acceptors (Lipinski definition) is 3. The van der Waals surface area contributed by atoms with Crippen LogP contribution < -0.4 is 5.32 Å². The van der Waals surface area contributed by atoms with E-state index in [0.29, 0.717) is 18.1 Å². The molecule has 1 rings (SSSR count). The monoisotopic (exact) mass is 201 g/mol. The zero-order valence-electron chi connectivity index (χ0n) is 9.58. The summed E-state index contributed by atoms with van der Waals surface area (Å²) in [6, 6.07) is 0.489. The molecule has 1 aliphatic rings. The molecule has 0 saturated carbocycles. The van der Waals surface area contributed by atoms with Gasteiger partial charge in [0.05, 0.1) is 6.10 Å². The molecule has 0 amide bonds. The molecule has 1 aliphatic heterocycles. The average molecular weight is 201 g/mol. The van der Waals surface area contributed by atoms with E-state index in [1.165, 1.54) is 6.42 Å². The van der Waals surface area contributed by atoms with E-state index in [9.17, 15) is 0 Å². The topological polar surface area (TPSA) is 30.5 Å². The highest BCUT2D eigenvalue weighted by atomic mass is 16.5. The maximum atomic E-state index is 5.75. The predicted octanol–water partition coefficient (Wildman–Crippen LogP) is 1.43. The van der Waals surface area contributed by atoms with Crippen LogP contribution in [0.25, 0.3) is 0 Å². The van der Waals surface area contributed by atoms with E-state index in [4.69, 9.17) is 9.47 Å². The van der Waals surface area contributed by atoms with E-state index in [1.54, 1.807) is 7.11 Å². The van der Waals surface area contributed by atoms with Gasteiger partial charge in [-0.1, -0.05) is 6.92 Å². The molecule has 14 heavy (non-hydrogen) atoms. The summed E-state index contributed by atoms with van der Waals surface area (Å²) in [5.74, 6) is 0.690. The van der Waals surface area contributed by atoms with Gasteiger partial charge in [-0.25, -0.2) is 0 Å². The molecule has 3 atom stereocenters. The molecule has 0 spiro atoms. The Morgan fingerprint density at radius 3 is 2.86 bits per heavy atom. The molecule has 0 aromatic heterocycles. The van der Waals surface area contributed by atoms with Gasteiger partial charge in [0.2, 0.25) is 0 Å². The van der Waals surface area contributed by atoms with Crippen LogP contribution in [0.5, 0.6) is 0 Å². The van der Waals surface area contributed by atoms with Crippen molar-refractivity contribution in [1.82, 2.24) is 5.32 Å². The predicted molar refractivity (Wildman–Crippen MR) is 57.5 cm³/mol. The molecule has 0 aromatic rings. The normalized spacial score (nSPS) is 29.4. The number of rotatable bonds is 6. The highest BCUT2D eigenvalue weighted by Crippen LogP contribution is 2.24. The van der Waals surface area contributed by atoms with Crippen LogP contribution in [0, 0.1) is 5.92 Å². The molecule has 84 valence electrons. The van der Waals surface area contributed by atoms with E-state index in [-0.39, 0.29) is 0 Å². The van der Waals surface area contributed by atoms with Crippen LogP contribution in [0.2, 0.25) is 0 Å². The van der Waals surface area contributed by atoms with Gasteiger partial charge in [0, 0.05) is 26.4 Å². The van der Waals surface area contributed by atoms with Crippen molar-refractivity contribution in [2.24, 2.45) is 5.92 Å². The molecule has 3 heteroatoms. The maximum Gasteiger partial charge on any atom is 0.0754 e. The van der Waals surface area contributed by atoms with Crippen molar-refractivity contribution in [3.8, 4) is 0 Å². The summed E-state index contributed by atoms with van der Waals surface area (Å²) in [5.41, 5.74) is 0. The van der Waals surface area contributed by atoms with Crippen molar-refractivity contribution in [3.05, 3.63) is 0 Å². The van der Waals surface area contributed by atoms with Gasteiger partial charge in [0.1, 0.15) is 0 Å². The highest BCUT2D eigenvalue weighted by molar-refractivity contribution is 4.83. The van der Waals surface area contributed by atoms with Gasteiger partial charge < -0.3 is 14.8 Å². The second-order valence-electron chi connectivity index (χ2n) is 4.13. The molecule has 1 saturated heterocycles. The zero-order valence-corrected chi connectivity index (χ0v) is 9.58. The van der Waals surface area contributed by atoms with Crippen LogP contribution in [0.3, 0.4) is 0 Å². The van der Waals surface area contributed by atoms with Crippen molar-refractivity contribution in [2.45, 2.75) is 38.3 Å².